The van der Waals surface area contributed by atoms with Crippen LogP contribution in [0.5, 0.6) is 11.5 Å². The molecule has 16 heteroatoms. The number of halogens is 1. The van der Waals surface area contributed by atoms with Gasteiger partial charge < -0.3 is 14.8 Å². The molecule has 3 aromatic rings. The second-order valence-corrected chi connectivity index (χ2v) is 16.6. The van der Waals surface area contributed by atoms with E-state index in [9.17, 15) is 38.7 Å². The smallest absolute Gasteiger partial charge is 0.296 e. The highest BCUT2D eigenvalue weighted by molar-refractivity contribution is 9.10. The van der Waals surface area contributed by atoms with Crippen LogP contribution in [-0.2, 0) is 21.4 Å². The Morgan fingerprint density at radius 1 is 1.02 bits per heavy atom. The van der Waals surface area contributed by atoms with E-state index in [2.05, 4.69) is 34.2 Å². The first-order valence-electron chi connectivity index (χ1n) is 18.1. The van der Waals surface area contributed by atoms with Gasteiger partial charge in [0.05, 0.1) is 50.2 Å². The van der Waals surface area contributed by atoms with E-state index in [1.807, 2.05) is 13.8 Å². The first kappa shape index (κ1) is 39.4. The summed E-state index contributed by atoms with van der Waals surface area (Å²) in [6.07, 6.45) is 4.56. The molecular formula is C39H40BrN5O9S. The largest absolute Gasteiger partial charge is 0.490 e. The van der Waals surface area contributed by atoms with Crippen LogP contribution in [0, 0.1) is 43.4 Å². The zero-order valence-corrected chi connectivity index (χ0v) is 32.9. The van der Waals surface area contributed by atoms with Crippen LogP contribution >= 0.6 is 15.9 Å². The Morgan fingerprint density at radius 3 is 2.42 bits per heavy atom. The first-order valence-corrected chi connectivity index (χ1v) is 20.3. The van der Waals surface area contributed by atoms with E-state index in [-0.39, 0.29) is 43.1 Å². The monoisotopic (exact) mass is 833 g/mol. The molecule has 0 amide bonds. The number of nitrogens with one attached hydrogen (secondary N) is 1. The van der Waals surface area contributed by atoms with Gasteiger partial charge in [0.2, 0.25) is 0 Å². The number of nitrogens with zero attached hydrogens (tertiary/aromatic N) is 4. The van der Waals surface area contributed by atoms with Crippen molar-refractivity contribution in [1.82, 2.24) is 5.32 Å². The molecule has 3 aromatic carbocycles. The number of rotatable bonds is 15. The third-order valence-electron chi connectivity index (χ3n) is 10.1. The number of non-ortho nitro benzene ring substituents is 1. The van der Waals surface area contributed by atoms with Crippen LogP contribution in [0.25, 0.3) is 0 Å². The maximum absolute atomic E-state index is 14.3. The maximum Gasteiger partial charge on any atom is 0.296 e. The summed E-state index contributed by atoms with van der Waals surface area (Å²) in [4.78, 5) is 34.6. The summed E-state index contributed by atoms with van der Waals surface area (Å²) in [5.41, 5.74) is 2.39. The number of allylic oxidation sites excluding steroid dienone is 4. The van der Waals surface area contributed by atoms with Crippen LogP contribution < -0.4 is 19.1 Å². The summed E-state index contributed by atoms with van der Waals surface area (Å²) in [6, 6.07) is 15.0. The molecule has 0 radical (unpaired) electrons. The minimum absolute atomic E-state index is 0.00762. The Balaban J connectivity index is 1.36. The van der Waals surface area contributed by atoms with Gasteiger partial charge >= 0.3 is 0 Å². The van der Waals surface area contributed by atoms with Crippen LogP contribution in [-0.4, -0.2) is 37.2 Å². The van der Waals surface area contributed by atoms with Crippen molar-refractivity contribution in [3.8, 4) is 17.6 Å². The molecule has 0 aromatic heterocycles. The van der Waals surface area contributed by atoms with Gasteiger partial charge in [-0.3, -0.25) is 29.3 Å². The van der Waals surface area contributed by atoms with Gasteiger partial charge in [-0.15, -0.1) is 0 Å². The molecule has 2 atom stereocenters. The van der Waals surface area contributed by atoms with Crippen LogP contribution in [0.15, 0.2) is 86.5 Å². The van der Waals surface area contributed by atoms with E-state index in [4.69, 9.17) is 9.47 Å². The number of ketones is 1. The van der Waals surface area contributed by atoms with Crippen LogP contribution in [0.1, 0.15) is 76.3 Å². The van der Waals surface area contributed by atoms with E-state index in [1.54, 1.807) is 36.4 Å². The second-order valence-electron chi connectivity index (χ2n) is 13.9. The Bertz CT molecular complexity index is 2280. The minimum Gasteiger partial charge on any atom is -0.490 e. The highest BCUT2D eigenvalue weighted by Crippen LogP contribution is 2.48. The van der Waals surface area contributed by atoms with Gasteiger partial charge in [-0.2, -0.15) is 5.26 Å². The molecule has 2 aliphatic carbocycles. The zero-order valence-electron chi connectivity index (χ0n) is 30.5. The fraction of sp³-hybridized carbons (Fsp3) is 0.385. The third kappa shape index (κ3) is 8.08. The van der Waals surface area contributed by atoms with E-state index >= 15 is 0 Å². The number of nitriles is 1. The Kier molecular flexibility index (Phi) is 11.6. The second kappa shape index (κ2) is 16.2. The Hall–Kier alpha value is -5.27. The summed E-state index contributed by atoms with van der Waals surface area (Å²) in [7, 11) is -4.60. The lowest BCUT2D eigenvalue weighted by Gasteiger charge is -2.35. The van der Waals surface area contributed by atoms with E-state index in [0.29, 0.717) is 62.8 Å². The summed E-state index contributed by atoms with van der Waals surface area (Å²) < 4.78 is 42.6. The molecule has 0 spiro atoms. The van der Waals surface area contributed by atoms with E-state index in [1.165, 1.54) is 0 Å². The molecule has 1 heterocycles. The number of para-hydroxylation sites is 1. The molecule has 1 fully saturated rings. The van der Waals surface area contributed by atoms with E-state index < -0.39 is 42.1 Å². The lowest BCUT2D eigenvalue weighted by molar-refractivity contribution is -0.396. The zero-order chi connectivity index (χ0) is 39.6. The fourth-order valence-corrected chi connectivity index (χ4v) is 9.65. The van der Waals surface area contributed by atoms with Gasteiger partial charge in [-0.05, 0) is 97.1 Å². The normalized spacial score (nSPS) is 18.3. The summed E-state index contributed by atoms with van der Waals surface area (Å²) in [6.45, 7) is 5.91. The van der Waals surface area contributed by atoms with Gasteiger partial charge in [0.25, 0.3) is 21.4 Å². The predicted molar refractivity (Wildman–Crippen MR) is 207 cm³/mol. The van der Waals surface area contributed by atoms with Crippen LogP contribution in [0.2, 0.25) is 0 Å². The van der Waals surface area contributed by atoms with Gasteiger partial charge in [-0.1, -0.05) is 31.5 Å². The molecule has 288 valence electrons. The summed E-state index contributed by atoms with van der Waals surface area (Å²) in [5, 5.41) is 37.0. The van der Waals surface area contributed by atoms with Crippen molar-refractivity contribution in [2.75, 3.05) is 17.5 Å². The number of benzene rings is 3. The van der Waals surface area contributed by atoms with Gasteiger partial charge in [-0.25, -0.2) is 8.42 Å². The number of hydrogen-bond donors (Lipinski definition) is 1. The van der Waals surface area contributed by atoms with Crippen molar-refractivity contribution >= 4 is 48.8 Å². The van der Waals surface area contributed by atoms with Gasteiger partial charge in [0.1, 0.15) is 6.61 Å². The standard InChI is InChI=1S/C39H40BrN5O9S/c1-4-8-25-15-31-38(34(46)16-25)37(29(20-41)23(3)42-31)27-17-30(40)39(35(18-27)53-5-2)54-22-26-9-6-7-10-32(26)43(21-24-11-12-24)55(51,52)36-14-13-28(44(47)48)19-33(36)45(49)50/h6-7,9-10,13-14,17-19,24-25,37,42H,4-5,8,11-12,15-16,21-22H2,1-3H3. The summed E-state index contributed by atoms with van der Waals surface area (Å²) >= 11 is 3.65. The maximum atomic E-state index is 14.3. The van der Waals surface area contributed by atoms with Gasteiger partial charge in [0, 0.05) is 41.6 Å². The first-order chi connectivity index (χ1) is 26.3. The molecule has 6 rings (SSSR count). The highest BCUT2D eigenvalue weighted by atomic mass is 79.9. The predicted octanol–water partition coefficient (Wildman–Crippen LogP) is 8.37. The molecule has 0 saturated heterocycles. The van der Waals surface area contributed by atoms with Gasteiger partial charge in [0.15, 0.2) is 22.2 Å². The number of dihydropyridines is 1. The highest BCUT2D eigenvalue weighted by Gasteiger charge is 2.40. The van der Waals surface area contributed by atoms with Crippen molar-refractivity contribution in [1.29, 1.82) is 5.26 Å². The Morgan fingerprint density at radius 2 is 1.76 bits per heavy atom. The number of sulfonamides is 1. The van der Waals surface area contributed by atoms with Crippen molar-refractivity contribution < 1.29 is 32.5 Å². The molecule has 3 aliphatic rings. The molecule has 2 unspecified atom stereocenters. The number of anilines is 1. The number of nitro benzene ring substituents is 2. The number of hydrogen-bond acceptors (Lipinski definition) is 11. The fourth-order valence-electron chi connectivity index (χ4n) is 7.36. The molecule has 1 aliphatic heterocycles. The quantitative estimate of drug-likeness (QED) is 0.114. The average molecular weight is 835 g/mol. The molecular weight excluding hydrogens is 794 g/mol. The molecule has 14 nitrogen and oxygen atoms in total. The number of carbonyl (C=O) groups excluding carboxylic acids is 1. The van der Waals surface area contributed by atoms with Crippen molar-refractivity contribution in [2.45, 2.75) is 76.7 Å². The lowest BCUT2D eigenvalue weighted by atomic mass is 9.72. The number of ether oxygens (including phenoxy) is 2. The van der Waals surface area contributed by atoms with Crippen molar-refractivity contribution in [2.24, 2.45) is 11.8 Å². The van der Waals surface area contributed by atoms with Crippen LogP contribution in [0.4, 0.5) is 17.1 Å². The summed E-state index contributed by atoms with van der Waals surface area (Å²) in [5.74, 6) is 0.283. The number of nitro groups is 2. The average Bonchev–Trinajstić information content (AvgIpc) is 3.97. The third-order valence-corrected chi connectivity index (χ3v) is 12.5. The lowest BCUT2D eigenvalue weighted by Crippen LogP contribution is -2.34. The SMILES string of the molecule is CCCC1CC(=O)C2=C(C1)NC(C)=C(C#N)C2c1cc(Br)c(OCc2ccccc2N(CC2CC2)S(=O)(=O)c2ccc([N+](=O)[O-])cc2[N+](=O)[O-])c(OCC)c1. The van der Waals surface area contributed by atoms with Crippen molar-refractivity contribution in [3.63, 3.8) is 0 Å². The Labute approximate surface area is 327 Å². The molecule has 0 bridgehead atoms. The van der Waals surface area contributed by atoms with E-state index in [0.717, 1.165) is 47.8 Å². The molecule has 1 saturated carbocycles. The molecule has 55 heavy (non-hydrogen) atoms. The number of Topliss-reactive ketones (excluding diaryl/α,β-unsaturated/α-hetero) is 1. The minimum atomic E-state index is -4.60. The number of carbonyl (C=O) groups is 1. The van der Waals surface area contributed by atoms with Crippen LogP contribution in [0.3, 0.4) is 0 Å². The topological polar surface area (TPSA) is 195 Å². The van der Waals surface area contributed by atoms with Crippen molar-refractivity contribution in [3.05, 3.63) is 113 Å². The molecule has 1 N–H and O–H groups in total.